The molecule has 19 heteroatoms. The van der Waals surface area contributed by atoms with Gasteiger partial charge in [0.15, 0.2) is 12.2 Å². The van der Waals surface area contributed by atoms with E-state index in [0.29, 0.717) is 25.7 Å². The normalized spacial score (nSPS) is 14.2. The number of hydrogen-bond acceptors (Lipinski definition) is 15. The summed E-state index contributed by atoms with van der Waals surface area (Å²) in [6, 6.07) is 0. The van der Waals surface area contributed by atoms with Crippen LogP contribution in [-0.4, -0.2) is 96.7 Å². The van der Waals surface area contributed by atoms with Gasteiger partial charge in [-0.05, 0) is 43.4 Å². The first-order valence-corrected chi connectivity index (χ1v) is 46.4. The number of carbonyl (C=O) groups excluding carboxylic acids is 4. The van der Waals surface area contributed by atoms with Crippen LogP contribution in [0.3, 0.4) is 0 Å². The molecule has 0 saturated carbocycles. The summed E-state index contributed by atoms with van der Waals surface area (Å²) in [4.78, 5) is 73.1. The van der Waals surface area contributed by atoms with Crippen LogP contribution in [-0.2, 0) is 65.4 Å². The monoisotopic (exact) mass is 1510 g/mol. The van der Waals surface area contributed by atoms with Gasteiger partial charge in [0.25, 0.3) is 0 Å². The Kier molecular flexibility index (Phi) is 72.8. The second kappa shape index (κ2) is 74.2. The Hall–Kier alpha value is -1.94. The van der Waals surface area contributed by atoms with Gasteiger partial charge in [-0.25, -0.2) is 9.13 Å². The molecule has 3 N–H and O–H groups in total. The molecule has 612 valence electrons. The molecule has 0 aromatic carbocycles. The molecule has 0 aromatic heterocycles. The fourth-order valence-electron chi connectivity index (χ4n) is 13.0. The van der Waals surface area contributed by atoms with E-state index in [1.807, 2.05) is 0 Å². The quantitative estimate of drug-likeness (QED) is 0.0222. The van der Waals surface area contributed by atoms with E-state index in [2.05, 4.69) is 48.5 Å². The third-order valence-corrected chi connectivity index (χ3v) is 21.9. The Morgan fingerprint density at radius 1 is 0.282 bits per heavy atom. The van der Waals surface area contributed by atoms with Crippen LogP contribution >= 0.6 is 15.6 Å². The van der Waals surface area contributed by atoms with Gasteiger partial charge < -0.3 is 33.8 Å². The predicted molar refractivity (Wildman–Crippen MR) is 423 cm³/mol. The average molecular weight is 1510 g/mol. The van der Waals surface area contributed by atoms with Crippen molar-refractivity contribution in [3.63, 3.8) is 0 Å². The van der Waals surface area contributed by atoms with Crippen molar-refractivity contribution in [3.05, 3.63) is 0 Å². The van der Waals surface area contributed by atoms with E-state index in [1.54, 1.807) is 0 Å². The number of esters is 4. The van der Waals surface area contributed by atoms with Crippen LogP contribution < -0.4 is 0 Å². The summed E-state index contributed by atoms with van der Waals surface area (Å²) >= 11 is 0. The van der Waals surface area contributed by atoms with Crippen LogP contribution in [0, 0.1) is 17.8 Å². The van der Waals surface area contributed by atoms with Crippen molar-refractivity contribution >= 4 is 39.5 Å². The van der Waals surface area contributed by atoms with Crippen molar-refractivity contribution in [2.45, 2.75) is 458 Å². The summed E-state index contributed by atoms with van der Waals surface area (Å²) in [5, 5.41) is 10.7. The maximum atomic E-state index is 13.1. The van der Waals surface area contributed by atoms with Crippen LogP contribution in [0.15, 0.2) is 0 Å². The van der Waals surface area contributed by atoms with E-state index in [9.17, 15) is 43.2 Å². The number of rotatable bonds is 82. The van der Waals surface area contributed by atoms with Crippen molar-refractivity contribution in [1.29, 1.82) is 0 Å². The van der Waals surface area contributed by atoms with Crippen molar-refractivity contribution in [2.75, 3.05) is 39.6 Å². The van der Waals surface area contributed by atoms with E-state index in [-0.39, 0.29) is 25.7 Å². The van der Waals surface area contributed by atoms with Gasteiger partial charge in [-0.3, -0.25) is 37.3 Å². The molecule has 0 radical (unpaired) electrons. The number of ether oxygens (including phenoxy) is 4. The van der Waals surface area contributed by atoms with Gasteiger partial charge in [0.2, 0.25) is 0 Å². The molecule has 0 saturated heterocycles. The minimum Gasteiger partial charge on any atom is -0.462 e. The van der Waals surface area contributed by atoms with Crippen LogP contribution in [0.4, 0.5) is 0 Å². The zero-order chi connectivity index (χ0) is 75.8. The number of aliphatic hydroxyl groups excluding tert-OH is 1. The molecular formula is C84H164O17P2. The van der Waals surface area contributed by atoms with Gasteiger partial charge in [-0.2, -0.15) is 0 Å². The van der Waals surface area contributed by atoms with Crippen molar-refractivity contribution in [1.82, 2.24) is 0 Å². The van der Waals surface area contributed by atoms with Gasteiger partial charge in [-0.1, -0.05) is 389 Å². The molecule has 0 aliphatic heterocycles. The Bertz CT molecular complexity index is 1990. The molecule has 0 bridgehead atoms. The number of carbonyl (C=O) groups is 4. The molecule has 3 unspecified atom stereocenters. The molecule has 0 aliphatic rings. The maximum Gasteiger partial charge on any atom is 0.472 e. The first kappa shape index (κ1) is 101. The van der Waals surface area contributed by atoms with E-state index in [4.69, 9.17) is 37.0 Å². The Labute approximate surface area is 632 Å². The summed E-state index contributed by atoms with van der Waals surface area (Å²) in [7, 11) is -9.93. The third kappa shape index (κ3) is 76.6. The van der Waals surface area contributed by atoms with E-state index < -0.39 is 97.5 Å². The molecule has 17 nitrogen and oxygen atoms in total. The van der Waals surface area contributed by atoms with E-state index in [0.717, 1.165) is 108 Å². The minimum absolute atomic E-state index is 0.106. The topological polar surface area (TPSA) is 237 Å². The van der Waals surface area contributed by atoms with E-state index >= 15 is 0 Å². The highest BCUT2D eigenvalue weighted by molar-refractivity contribution is 7.47. The summed E-state index contributed by atoms with van der Waals surface area (Å²) < 4.78 is 68.8. The Balaban J connectivity index is 5.23. The highest BCUT2D eigenvalue weighted by Gasteiger charge is 2.30. The van der Waals surface area contributed by atoms with E-state index in [1.165, 1.54) is 250 Å². The lowest BCUT2D eigenvalue weighted by Crippen LogP contribution is -2.30. The molecule has 0 rings (SSSR count). The number of unbranched alkanes of at least 4 members (excludes halogenated alkanes) is 49. The Morgan fingerprint density at radius 3 is 0.738 bits per heavy atom. The number of aliphatic hydroxyl groups is 1. The number of phosphoric acid groups is 2. The molecule has 0 amide bonds. The fraction of sp³-hybridized carbons (Fsp3) is 0.952. The molecule has 103 heavy (non-hydrogen) atoms. The SMILES string of the molecule is CCCCCCCCCCCCCCCCCCCCCCCCC(=O)O[C@H](COC(=O)CCCCCCCCCCCCCCCC(C)C)COP(=O)(O)OC[C@@H](O)COP(=O)(O)OC[C@@H](COC(=O)CCCCCCCCCCC(C)C)OC(=O)CCCCCCCCCCCCC(C)CC. The second-order valence-electron chi connectivity index (χ2n) is 31.4. The average Bonchev–Trinajstić information content (AvgIpc) is 0.914. The van der Waals surface area contributed by atoms with Crippen LogP contribution in [0.2, 0.25) is 0 Å². The second-order valence-corrected chi connectivity index (χ2v) is 34.3. The van der Waals surface area contributed by atoms with Crippen molar-refractivity contribution < 1.29 is 80.2 Å². The summed E-state index contributed by atoms with van der Waals surface area (Å²) in [6.45, 7) is 12.0. The zero-order valence-electron chi connectivity index (χ0n) is 67.8. The largest absolute Gasteiger partial charge is 0.472 e. The molecule has 6 atom stereocenters. The van der Waals surface area contributed by atoms with Crippen LogP contribution in [0.1, 0.15) is 440 Å². The van der Waals surface area contributed by atoms with Gasteiger partial charge >= 0.3 is 39.5 Å². The zero-order valence-corrected chi connectivity index (χ0v) is 69.6. The molecule has 0 fully saturated rings. The number of hydrogen-bond donors (Lipinski definition) is 3. The van der Waals surface area contributed by atoms with Gasteiger partial charge in [-0.15, -0.1) is 0 Å². The first-order chi connectivity index (χ1) is 49.8. The highest BCUT2D eigenvalue weighted by atomic mass is 31.2. The molecule has 0 aromatic rings. The Morgan fingerprint density at radius 2 is 0.495 bits per heavy atom. The number of phosphoric ester groups is 2. The maximum absolute atomic E-state index is 13.1. The smallest absolute Gasteiger partial charge is 0.462 e. The summed E-state index contributed by atoms with van der Waals surface area (Å²) in [5.41, 5.74) is 0. The lowest BCUT2D eigenvalue weighted by atomic mass is 9.99. The van der Waals surface area contributed by atoms with Crippen LogP contribution in [0.5, 0.6) is 0 Å². The van der Waals surface area contributed by atoms with Crippen molar-refractivity contribution in [3.8, 4) is 0 Å². The molecule has 0 spiro atoms. The fourth-order valence-corrected chi connectivity index (χ4v) is 14.6. The van der Waals surface area contributed by atoms with Crippen LogP contribution in [0.25, 0.3) is 0 Å². The highest BCUT2D eigenvalue weighted by Crippen LogP contribution is 2.45. The van der Waals surface area contributed by atoms with Gasteiger partial charge in [0, 0.05) is 25.7 Å². The summed E-state index contributed by atoms with van der Waals surface area (Å²) in [5.74, 6) is 0.211. The molecular weight excluding hydrogens is 1340 g/mol. The minimum atomic E-state index is -4.96. The lowest BCUT2D eigenvalue weighted by Gasteiger charge is -2.21. The third-order valence-electron chi connectivity index (χ3n) is 20.0. The first-order valence-electron chi connectivity index (χ1n) is 43.4. The standard InChI is InChI=1S/C84H164O17P2/c1-8-10-11-12-13-14-15-16-17-18-19-20-21-22-23-24-27-31-37-46-53-60-67-83(88)100-79(71-94-81(86)65-58-51-44-36-30-28-25-26-29-34-41-48-55-62-75(3)4)73-98-102(90,91)96-69-78(85)70-97-103(92,93)99-74-80(72-95-82(87)66-59-52-45-40-39-42-49-56-63-76(5)6)101-84(89)68-61-54-47-38-33-32-35-43-50-57-64-77(7)9-2/h75-80,85H,8-74H2,1-7H3,(H,90,91)(H,92,93)/t77?,78-,79-,80-/m1/s1. The lowest BCUT2D eigenvalue weighted by molar-refractivity contribution is -0.161. The van der Waals surface area contributed by atoms with Gasteiger partial charge in [0.1, 0.15) is 19.3 Å². The molecule has 0 heterocycles. The van der Waals surface area contributed by atoms with Crippen molar-refractivity contribution in [2.24, 2.45) is 17.8 Å². The summed E-state index contributed by atoms with van der Waals surface area (Å²) in [6.07, 6.45) is 63.9. The molecule has 0 aliphatic carbocycles. The predicted octanol–water partition coefficient (Wildman–Crippen LogP) is 25.3. The van der Waals surface area contributed by atoms with Gasteiger partial charge in [0.05, 0.1) is 26.4 Å².